The summed E-state index contributed by atoms with van der Waals surface area (Å²) in [6.45, 7) is 1.92. The third-order valence-electron chi connectivity index (χ3n) is 7.08. The van der Waals surface area contributed by atoms with Gasteiger partial charge in [-0.3, -0.25) is 0 Å². The summed E-state index contributed by atoms with van der Waals surface area (Å²) in [7, 11) is 1.70. The van der Waals surface area contributed by atoms with Gasteiger partial charge in [0.15, 0.2) is 17.7 Å². The van der Waals surface area contributed by atoms with Gasteiger partial charge in [-0.2, -0.15) is 5.06 Å². The van der Waals surface area contributed by atoms with Crippen molar-refractivity contribution in [3.63, 3.8) is 0 Å². The van der Waals surface area contributed by atoms with Crippen LogP contribution in [0, 0.1) is 11.8 Å². The van der Waals surface area contributed by atoms with Crippen LogP contribution in [0.2, 0.25) is 0 Å². The van der Waals surface area contributed by atoms with Crippen molar-refractivity contribution in [3.05, 3.63) is 40.8 Å². The Morgan fingerprint density at radius 3 is 2.62 bits per heavy atom. The van der Waals surface area contributed by atoms with Gasteiger partial charge in [0.2, 0.25) is 0 Å². The number of aliphatic imine (C=N–C) groups is 1. The fourth-order valence-electron chi connectivity index (χ4n) is 5.05. The van der Waals surface area contributed by atoms with Gasteiger partial charge in [-0.05, 0) is 88.1 Å². The van der Waals surface area contributed by atoms with Gasteiger partial charge in [0.25, 0.3) is 0 Å². The number of nitrogens with two attached hydrogens (primary N) is 1. The first-order chi connectivity index (χ1) is 16.5. The maximum atomic E-state index is 6.40. The lowest BCUT2D eigenvalue weighted by Crippen LogP contribution is -2.36. The minimum atomic E-state index is -0.250. The van der Waals surface area contributed by atoms with E-state index in [0.717, 1.165) is 59.9 Å². The smallest absolute Gasteiger partial charge is 0.174 e. The predicted molar refractivity (Wildman–Crippen MR) is 137 cm³/mol. The van der Waals surface area contributed by atoms with E-state index >= 15 is 0 Å². The summed E-state index contributed by atoms with van der Waals surface area (Å²) in [5.74, 6) is 8.77. The molecule has 2 aliphatic carbocycles. The van der Waals surface area contributed by atoms with Crippen LogP contribution >= 0.6 is 11.3 Å². The first-order valence-electron chi connectivity index (χ1n) is 12.3. The zero-order chi connectivity index (χ0) is 23.5. The molecule has 2 heterocycles. The average molecular weight is 480 g/mol. The Morgan fingerprint density at radius 1 is 1.12 bits per heavy atom. The molecule has 2 N–H and O–H groups in total. The number of hydrogen-bond acceptors (Lipinski definition) is 7. The predicted octanol–water partition coefficient (Wildman–Crippen LogP) is 5.39. The summed E-state index contributed by atoms with van der Waals surface area (Å²) >= 11 is 1.61. The van der Waals surface area contributed by atoms with Gasteiger partial charge in [0, 0.05) is 6.04 Å². The highest BCUT2D eigenvalue weighted by Crippen LogP contribution is 2.43. The van der Waals surface area contributed by atoms with Crippen molar-refractivity contribution in [3.8, 4) is 23.3 Å². The summed E-state index contributed by atoms with van der Waals surface area (Å²) in [6.07, 6.45) is 10.3. The van der Waals surface area contributed by atoms with E-state index in [1.165, 1.54) is 18.4 Å². The Morgan fingerprint density at radius 2 is 1.91 bits per heavy atom. The van der Waals surface area contributed by atoms with E-state index in [-0.39, 0.29) is 23.8 Å². The monoisotopic (exact) mass is 479 g/mol. The fourth-order valence-corrected chi connectivity index (χ4v) is 5.83. The zero-order valence-electron chi connectivity index (χ0n) is 20.0. The normalized spacial score (nSPS) is 27.0. The molecule has 3 aliphatic rings. The maximum absolute atomic E-state index is 6.40. The molecule has 1 unspecified atom stereocenters. The Kier molecular flexibility index (Phi) is 6.82. The number of methoxy groups -OCH3 is 1. The Labute approximate surface area is 206 Å². The van der Waals surface area contributed by atoms with Gasteiger partial charge in [-0.15, -0.1) is 11.3 Å². The zero-order valence-corrected chi connectivity index (χ0v) is 20.8. The van der Waals surface area contributed by atoms with E-state index in [4.69, 9.17) is 20.0 Å². The summed E-state index contributed by atoms with van der Waals surface area (Å²) in [6, 6.07) is 10.7. The highest BCUT2D eigenvalue weighted by atomic mass is 32.1. The second-order valence-electron chi connectivity index (χ2n) is 9.49. The molecule has 0 saturated heterocycles. The standard InChI is InChI=1S/C27H33N3O3S/c1-19-29-18-30(33-19)26-10-8-23(34-26)13-16-27(14-11-21(28)12-15-27)20-7-9-24(31-2)25(17-20)32-22-5-3-4-6-22/h7-10,17-19,21-22H,3-6,11-12,14-15,28H2,1-2H3. The number of rotatable bonds is 5. The first kappa shape index (κ1) is 23.2. The van der Waals surface area contributed by atoms with Crippen LogP contribution in [0.1, 0.15) is 68.7 Å². The summed E-state index contributed by atoms with van der Waals surface area (Å²) in [4.78, 5) is 10.9. The lowest BCUT2D eigenvalue weighted by atomic mass is 9.68. The molecular formula is C27H33N3O3S. The molecular weight excluding hydrogens is 446 g/mol. The lowest BCUT2D eigenvalue weighted by molar-refractivity contribution is 0.102. The van der Waals surface area contributed by atoms with Crippen molar-refractivity contribution in [2.45, 2.75) is 82.1 Å². The van der Waals surface area contributed by atoms with Crippen LogP contribution in [0.4, 0.5) is 5.00 Å². The van der Waals surface area contributed by atoms with Crippen molar-refractivity contribution >= 4 is 22.7 Å². The number of hydrogen-bond donors (Lipinski definition) is 1. The van der Waals surface area contributed by atoms with Gasteiger partial charge in [-0.25, -0.2) is 9.83 Å². The Balaban J connectivity index is 1.44. The number of hydroxylamine groups is 1. The highest BCUT2D eigenvalue weighted by molar-refractivity contribution is 7.16. The largest absolute Gasteiger partial charge is 0.493 e. The molecule has 2 fully saturated rings. The Bertz CT molecular complexity index is 1090. The molecule has 1 aromatic carbocycles. The van der Waals surface area contributed by atoms with E-state index in [0.29, 0.717) is 0 Å². The number of anilines is 1. The molecule has 1 aliphatic heterocycles. The Hall–Kier alpha value is -2.53. The van der Waals surface area contributed by atoms with Crippen LogP contribution in [0.25, 0.3) is 0 Å². The second-order valence-corrected chi connectivity index (χ2v) is 10.6. The van der Waals surface area contributed by atoms with Crippen LogP contribution < -0.4 is 20.3 Å². The fraction of sp³-hybridized carbons (Fsp3) is 0.519. The minimum Gasteiger partial charge on any atom is -0.493 e. The molecule has 0 bridgehead atoms. The quantitative estimate of drug-likeness (QED) is 0.582. The van der Waals surface area contributed by atoms with E-state index in [9.17, 15) is 0 Å². The number of ether oxygens (including phenoxy) is 2. The molecule has 6 nitrogen and oxygen atoms in total. The van der Waals surface area contributed by atoms with Crippen molar-refractivity contribution in [2.24, 2.45) is 10.7 Å². The van der Waals surface area contributed by atoms with Gasteiger partial charge < -0.3 is 15.2 Å². The molecule has 1 aromatic heterocycles. The number of nitrogens with zero attached hydrogens (tertiary/aromatic N) is 2. The summed E-state index contributed by atoms with van der Waals surface area (Å²) < 4.78 is 12.0. The van der Waals surface area contributed by atoms with E-state index < -0.39 is 0 Å². The van der Waals surface area contributed by atoms with Crippen LogP contribution in [-0.4, -0.2) is 31.8 Å². The van der Waals surface area contributed by atoms with Gasteiger partial charge in [-0.1, -0.05) is 17.9 Å². The van der Waals surface area contributed by atoms with Gasteiger partial charge in [0.05, 0.1) is 23.5 Å². The van der Waals surface area contributed by atoms with Gasteiger partial charge >= 0.3 is 0 Å². The number of benzene rings is 1. The molecule has 1 atom stereocenters. The minimum absolute atomic E-state index is 0.151. The molecule has 0 spiro atoms. The van der Waals surface area contributed by atoms with E-state index in [1.807, 2.05) is 19.1 Å². The van der Waals surface area contributed by atoms with E-state index in [2.05, 4.69) is 35.0 Å². The van der Waals surface area contributed by atoms with Crippen molar-refractivity contribution < 1.29 is 14.3 Å². The molecule has 5 rings (SSSR count). The summed E-state index contributed by atoms with van der Waals surface area (Å²) in [5.41, 5.74) is 7.23. The third-order valence-corrected chi connectivity index (χ3v) is 8.06. The van der Waals surface area contributed by atoms with Gasteiger partial charge in [0.1, 0.15) is 11.3 Å². The van der Waals surface area contributed by atoms with Crippen molar-refractivity contribution in [1.29, 1.82) is 0 Å². The molecule has 2 aromatic rings. The van der Waals surface area contributed by atoms with Crippen molar-refractivity contribution in [2.75, 3.05) is 12.2 Å². The van der Waals surface area contributed by atoms with Crippen LogP contribution in [0.5, 0.6) is 11.5 Å². The van der Waals surface area contributed by atoms with Crippen molar-refractivity contribution in [1.82, 2.24) is 0 Å². The molecule has 7 heteroatoms. The average Bonchev–Trinajstić information content (AvgIpc) is 3.61. The van der Waals surface area contributed by atoms with E-state index in [1.54, 1.807) is 29.8 Å². The molecule has 0 amide bonds. The second kappa shape index (κ2) is 9.99. The number of thiophene rings is 1. The third kappa shape index (κ3) is 4.95. The first-order valence-corrected chi connectivity index (χ1v) is 13.1. The van der Waals surface area contributed by atoms with Crippen LogP contribution in [0.15, 0.2) is 35.3 Å². The molecule has 2 saturated carbocycles. The maximum Gasteiger partial charge on any atom is 0.174 e. The molecule has 180 valence electrons. The molecule has 34 heavy (non-hydrogen) atoms. The lowest BCUT2D eigenvalue weighted by Gasteiger charge is -2.36. The SMILES string of the molecule is COc1ccc(C2(C#Cc3ccc(N4C=NC(C)O4)s3)CCC(N)CC2)cc1OC1CCCC1. The summed E-state index contributed by atoms with van der Waals surface area (Å²) in [5, 5.41) is 2.69. The van der Waals surface area contributed by atoms with Crippen LogP contribution in [0.3, 0.4) is 0 Å². The van der Waals surface area contributed by atoms with Crippen LogP contribution in [-0.2, 0) is 10.3 Å². The highest BCUT2D eigenvalue weighted by Gasteiger charge is 2.35. The molecule has 0 radical (unpaired) electrons. The topological polar surface area (TPSA) is 69.3 Å².